The van der Waals surface area contributed by atoms with Gasteiger partial charge in [-0.25, -0.2) is 9.38 Å². The van der Waals surface area contributed by atoms with Crippen molar-refractivity contribution in [1.82, 2.24) is 10.2 Å². The lowest BCUT2D eigenvalue weighted by molar-refractivity contribution is -0.146. The summed E-state index contributed by atoms with van der Waals surface area (Å²) >= 11 is 3.25. The minimum absolute atomic E-state index is 0.0435. The van der Waals surface area contributed by atoms with Gasteiger partial charge in [0.1, 0.15) is 5.82 Å². The first-order chi connectivity index (χ1) is 11.5. The van der Waals surface area contributed by atoms with E-state index in [0.717, 1.165) is 38.4 Å². The summed E-state index contributed by atoms with van der Waals surface area (Å²) in [5.74, 6) is 0.295. The van der Waals surface area contributed by atoms with Crippen molar-refractivity contribution >= 4 is 27.9 Å². The highest BCUT2D eigenvalue weighted by molar-refractivity contribution is 9.10. The second-order valence-electron chi connectivity index (χ2n) is 5.69. The molecular weight excluding hydrogens is 377 g/mol. The van der Waals surface area contributed by atoms with Crippen LogP contribution < -0.4 is 5.32 Å². The number of likely N-dealkylation sites (tertiary alicyclic amines) is 1. The van der Waals surface area contributed by atoms with Crippen molar-refractivity contribution in [2.75, 3.05) is 26.7 Å². The van der Waals surface area contributed by atoms with Gasteiger partial charge in [-0.3, -0.25) is 4.79 Å². The molecule has 5 nitrogen and oxygen atoms in total. The van der Waals surface area contributed by atoms with Crippen molar-refractivity contribution in [2.45, 2.75) is 26.3 Å². The maximum absolute atomic E-state index is 13.9. The number of piperidine rings is 1. The van der Waals surface area contributed by atoms with E-state index in [-0.39, 0.29) is 24.2 Å². The fourth-order valence-electron chi connectivity index (χ4n) is 2.73. The van der Waals surface area contributed by atoms with Crippen LogP contribution in [0.5, 0.6) is 0 Å². The number of carbonyl (C=O) groups excluding carboxylic acids is 1. The Hall–Kier alpha value is -1.63. The van der Waals surface area contributed by atoms with Crippen molar-refractivity contribution in [3.05, 3.63) is 34.1 Å². The lowest BCUT2D eigenvalue weighted by Gasteiger charge is -2.33. The number of methoxy groups -OCH3 is 1. The van der Waals surface area contributed by atoms with Crippen molar-refractivity contribution in [1.29, 1.82) is 0 Å². The zero-order valence-corrected chi connectivity index (χ0v) is 15.6. The molecule has 0 radical (unpaired) electrons. The van der Waals surface area contributed by atoms with Gasteiger partial charge in [0.15, 0.2) is 5.96 Å². The molecule has 0 bridgehead atoms. The third-order valence-electron chi connectivity index (χ3n) is 4.08. The Morgan fingerprint density at radius 2 is 2.17 bits per heavy atom. The molecule has 0 amide bonds. The van der Waals surface area contributed by atoms with Crippen LogP contribution in [0, 0.1) is 11.7 Å². The van der Waals surface area contributed by atoms with E-state index in [2.05, 4.69) is 31.1 Å². The molecule has 1 aliphatic heterocycles. The monoisotopic (exact) mass is 399 g/mol. The molecular formula is C17H23BrFN3O2. The molecule has 2 rings (SSSR count). The van der Waals surface area contributed by atoms with Crippen LogP contribution in [0.4, 0.5) is 4.39 Å². The van der Waals surface area contributed by atoms with Gasteiger partial charge < -0.3 is 15.0 Å². The standard InChI is InChI=1S/C17H23BrFN3O2/c1-3-20-17(21-11-13-4-5-14(18)10-15(13)19)22-8-6-12(7-9-22)16(23)24-2/h4-5,10,12H,3,6-9,11H2,1-2H3,(H,20,21). The maximum atomic E-state index is 13.9. The number of aliphatic imine (C=N–C) groups is 1. The molecule has 1 saturated heterocycles. The van der Waals surface area contributed by atoms with Crippen LogP contribution in [-0.2, 0) is 16.1 Å². The number of esters is 1. The van der Waals surface area contributed by atoms with Gasteiger partial charge in [0.25, 0.3) is 0 Å². The second kappa shape index (κ2) is 9.01. The summed E-state index contributed by atoms with van der Waals surface area (Å²) in [4.78, 5) is 18.3. The predicted molar refractivity (Wildman–Crippen MR) is 95.2 cm³/mol. The van der Waals surface area contributed by atoms with Crippen molar-refractivity contribution in [3.63, 3.8) is 0 Å². The second-order valence-corrected chi connectivity index (χ2v) is 6.61. The molecule has 1 fully saturated rings. The van der Waals surface area contributed by atoms with Crippen LogP contribution in [-0.4, -0.2) is 43.6 Å². The molecule has 24 heavy (non-hydrogen) atoms. The number of benzene rings is 1. The van der Waals surface area contributed by atoms with Crippen molar-refractivity contribution in [3.8, 4) is 0 Å². The van der Waals surface area contributed by atoms with Gasteiger partial charge in [0.05, 0.1) is 19.6 Å². The first-order valence-corrected chi connectivity index (χ1v) is 8.89. The number of nitrogens with one attached hydrogen (secondary N) is 1. The molecule has 0 saturated carbocycles. The smallest absolute Gasteiger partial charge is 0.308 e. The Bertz CT molecular complexity index is 601. The summed E-state index contributed by atoms with van der Waals surface area (Å²) in [5.41, 5.74) is 0.554. The highest BCUT2D eigenvalue weighted by atomic mass is 79.9. The first kappa shape index (κ1) is 18.7. The zero-order valence-electron chi connectivity index (χ0n) is 14.0. The van der Waals surface area contributed by atoms with Crippen LogP contribution in [0.1, 0.15) is 25.3 Å². The fourth-order valence-corrected chi connectivity index (χ4v) is 3.06. The Balaban J connectivity index is 2.02. The lowest BCUT2D eigenvalue weighted by Crippen LogP contribution is -2.46. The van der Waals surface area contributed by atoms with Crippen LogP contribution in [0.2, 0.25) is 0 Å². The normalized spacial score (nSPS) is 16.2. The number of carbonyl (C=O) groups is 1. The van der Waals surface area contributed by atoms with Gasteiger partial charge in [-0.2, -0.15) is 0 Å². The zero-order chi connectivity index (χ0) is 17.5. The third kappa shape index (κ3) is 4.93. The van der Waals surface area contributed by atoms with Gasteiger partial charge in [0, 0.05) is 29.7 Å². The Morgan fingerprint density at radius 1 is 1.46 bits per heavy atom. The van der Waals surface area contributed by atoms with E-state index in [4.69, 9.17) is 4.74 Å². The number of nitrogens with zero attached hydrogens (tertiary/aromatic N) is 2. The van der Waals surface area contributed by atoms with Crippen molar-refractivity contribution < 1.29 is 13.9 Å². The molecule has 1 N–H and O–H groups in total. The van der Waals surface area contributed by atoms with E-state index in [0.29, 0.717) is 10.0 Å². The molecule has 7 heteroatoms. The highest BCUT2D eigenvalue weighted by Gasteiger charge is 2.26. The lowest BCUT2D eigenvalue weighted by atomic mass is 9.97. The van der Waals surface area contributed by atoms with Gasteiger partial charge in [-0.15, -0.1) is 0 Å². The van der Waals surface area contributed by atoms with E-state index in [1.807, 2.05) is 13.0 Å². The largest absolute Gasteiger partial charge is 0.469 e. The molecule has 1 aliphatic rings. The summed E-state index contributed by atoms with van der Waals surface area (Å²) in [6, 6.07) is 4.98. The summed E-state index contributed by atoms with van der Waals surface area (Å²) in [5, 5.41) is 3.24. The number of hydrogen-bond donors (Lipinski definition) is 1. The Kier molecular flexibility index (Phi) is 7.02. The number of halogens is 2. The molecule has 0 unspecified atom stereocenters. The van der Waals surface area contributed by atoms with Gasteiger partial charge >= 0.3 is 5.97 Å². The molecule has 0 aliphatic carbocycles. The Labute approximate surface area is 150 Å². The third-order valence-corrected chi connectivity index (χ3v) is 4.57. The fraction of sp³-hybridized carbons (Fsp3) is 0.529. The average Bonchev–Trinajstić information content (AvgIpc) is 2.59. The molecule has 0 spiro atoms. The van der Waals surface area contributed by atoms with Crippen LogP contribution in [0.15, 0.2) is 27.7 Å². The topological polar surface area (TPSA) is 53.9 Å². The van der Waals surface area contributed by atoms with Crippen LogP contribution in [0.25, 0.3) is 0 Å². The number of rotatable bonds is 4. The number of ether oxygens (including phenoxy) is 1. The number of guanidine groups is 1. The van der Waals surface area contributed by atoms with Gasteiger partial charge in [-0.05, 0) is 31.9 Å². The van der Waals surface area contributed by atoms with E-state index in [1.165, 1.54) is 13.2 Å². The quantitative estimate of drug-likeness (QED) is 0.480. The van der Waals surface area contributed by atoms with E-state index < -0.39 is 0 Å². The van der Waals surface area contributed by atoms with Crippen LogP contribution >= 0.6 is 15.9 Å². The molecule has 1 aromatic rings. The van der Waals surface area contributed by atoms with Crippen molar-refractivity contribution in [2.24, 2.45) is 10.9 Å². The molecule has 1 heterocycles. The first-order valence-electron chi connectivity index (χ1n) is 8.10. The minimum atomic E-state index is -0.270. The predicted octanol–water partition coefficient (Wildman–Crippen LogP) is 2.94. The molecule has 1 aromatic carbocycles. The van der Waals surface area contributed by atoms with E-state index >= 15 is 0 Å². The molecule has 0 aromatic heterocycles. The summed E-state index contributed by atoms with van der Waals surface area (Å²) in [6.45, 7) is 4.47. The summed E-state index contributed by atoms with van der Waals surface area (Å²) in [6.07, 6.45) is 1.48. The SMILES string of the molecule is CCNC(=NCc1ccc(Br)cc1F)N1CCC(C(=O)OC)CC1. The van der Waals surface area contributed by atoms with E-state index in [9.17, 15) is 9.18 Å². The number of hydrogen-bond acceptors (Lipinski definition) is 3. The van der Waals surface area contributed by atoms with Gasteiger partial charge in [-0.1, -0.05) is 22.0 Å². The van der Waals surface area contributed by atoms with Crippen LogP contribution in [0.3, 0.4) is 0 Å². The Morgan fingerprint density at radius 3 is 2.75 bits per heavy atom. The molecule has 0 atom stereocenters. The average molecular weight is 400 g/mol. The van der Waals surface area contributed by atoms with E-state index in [1.54, 1.807) is 6.07 Å². The maximum Gasteiger partial charge on any atom is 0.308 e. The van der Waals surface area contributed by atoms with Gasteiger partial charge in [0.2, 0.25) is 0 Å². The molecule has 132 valence electrons. The highest BCUT2D eigenvalue weighted by Crippen LogP contribution is 2.19. The summed E-state index contributed by atoms with van der Waals surface area (Å²) < 4.78 is 19.4. The summed E-state index contributed by atoms with van der Waals surface area (Å²) in [7, 11) is 1.42. The minimum Gasteiger partial charge on any atom is -0.469 e.